The van der Waals surface area contributed by atoms with Crippen molar-refractivity contribution in [2.24, 2.45) is 5.41 Å². The number of benzene rings is 1. The summed E-state index contributed by atoms with van der Waals surface area (Å²) in [6.45, 7) is 3.98. The van der Waals surface area contributed by atoms with Crippen molar-refractivity contribution in [2.45, 2.75) is 51.5 Å². The summed E-state index contributed by atoms with van der Waals surface area (Å²) in [6, 6.07) is 9.31. The first-order chi connectivity index (χ1) is 10.3. The summed E-state index contributed by atoms with van der Waals surface area (Å²) in [5.41, 5.74) is 3.01. The maximum atomic E-state index is 8.85. The highest BCUT2D eigenvalue weighted by atomic mass is 16.5. The Kier molecular flexibility index (Phi) is 4.17. The number of ether oxygens (including phenoxy) is 1. The van der Waals surface area contributed by atoms with E-state index in [0.29, 0.717) is 19.1 Å². The molecule has 3 rings (SSSR count). The lowest BCUT2D eigenvalue weighted by Gasteiger charge is -2.15. The summed E-state index contributed by atoms with van der Waals surface area (Å²) in [7, 11) is 0. The molecule has 1 saturated carbocycles. The zero-order valence-corrected chi connectivity index (χ0v) is 12.8. The fraction of sp³-hybridized carbons (Fsp3) is 0.611. The van der Waals surface area contributed by atoms with Crippen LogP contribution >= 0.6 is 0 Å². The van der Waals surface area contributed by atoms with Crippen LogP contribution < -0.4 is 10.1 Å². The van der Waals surface area contributed by atoms with E-state index in [9.17, 15) is 0 Å². The third kappa shape index (κ3) is 3.22. The average Bonchev–Trinajstić information content (AvgIpc) is 3.15. The molecule has 112 valence electrons. The van der Waals surface area contributed by atoms with Crippen molar-refractivity contribution in [3.63, 3.8) is 0 Å². The largest absolute Gasteiger partial charge is 0.493 e. The van der Waals surface area contributed by atoms with E-state index in [1.54, 1.807) is 0 Å². The van der Waals surface area contributed by atoms with Crippen molar-refractivity contribution in [3.8, 4) is 11.8 Å². The van der Waals surface area contributed by atoms with Crippen LogP contribution in [0.4, 0.5) is 0 Å². The predicted molar refractivity (Wildman–Crippen MR) is 83.2 cm³/mol. The van der Waals surface area contributed by atoms with Gasteiger partial charge in [0.2, 0.25) is 0 Å². The van der Waals surface area contributed by atoms with Crippen LogP contribution in [0.25, 0.3) is 0 Å². The minimum absolute atomic E-state index is 0.152. The topological polar surface area (TPSA) is 45.0 Å². The molecule has 1 unspecified atom stereocenters. The summed E-state index contributed by atoms with van der Waals surface area (Å²) >= 11 is 0. The standard InChI is InChI=1S/C18H24N2O/c1-2-11-20-17-6-3-14-12-15(4-5-16(14)17)21-13-18(7-8-18)9-10-19/h4-5,12,17,20H,2-3,6-9,11,13H2,1H3. The van der Waals surface area contributed by atoms with E-state index in [2.05, 4.69) is 36.5 Å². The van der Waals surface area contributed by atoms with Gasteiger partial charge in [0, 0.05) is 17.9 Å². The first-order valence-electron chi connectivity index (χ1n) is 8.12. The van der Waals surface area contributed by atoms with Gasteiger partial charge in [-0.3, -0.25) is 0 Å². The lowest BCUT2D eigenvalue weighted by molar-refractivity contribution is 0.236. The van der Waals surface area contributed by atoms with E-state index in [0.717, 1.165) is 31.6 Å². The molecule has 2 aliphatic rings. The van der Waals surface area contributed by atoms with Gasteiger partial charge < -0.3 is 10.1 Å². The summed E-state index contributed by atoms with van der Waals surface area (Å²) < 4.78 is 5.96. The van der Waals surface area contributed by atoms with Crippen LogP contribution in [-0.2, 0) is 6.42 Å². The van der Waals surface area contributed by atoms with E-state index >= 15 is 0 Å². The van der Waals surface area contributed by atoms with Gasteiger partial charge in [0.05, 0.1) is 12.7 Å². The molecule has 0 saturated heterocycles. The Morgan fingerprint density at radius 2 is 2.29 bits per heavy atom. The van der Waals surface area contributed by atoms with Crippen molar-refractivity contribution in [1.29, 1.82) is 5.26 Å². The molecular formula is C18H24N2O. The maximum Gasteiger partial charge on any atom is 0.119 e. The third-order valence-electron chi connectivity index (χ3n) is 4.79. The van der Waals surface area contributed by atoms with Gasteiger partial charge in [-0.25, -0.2) is 0 Å². The van der Waals surface area contributed by atoms with Gasteiger partial charge in [0.25, 0.3) is 0 Å². The van der Waals surface area contributed by atoms with Crippen LogP contribution in [0.5, 0.6) is 5.75 Å². The number of nitrogens with zero attached hydrogens (tertiary/aromatic N) is 1. The fourth-order valence-corrected chi connectivity index (χ4v) is 3.17. The first kappa shape index (κ1) is 14.4. The highest BCUT2D eigenvalue weighted by Gasteiger charge is 2.43. The van der Waals surface area contributed by atoms with E-state index in [4.69, 9.17) is 10.00 Å². The van der Waals surface area contributed by atoms with Crippen molar-refractivity contribution >= 4 is 0 Å². The number of nitriles is 1. The van der Waals surface area contributed by atoms with Crippen molar-refractivity contribution in [1.82, 2.24) is 5.32 Å². The van der Waals surface area contributed by atoms with Gasteiger partial charge in [-0.2, -0.15) is 5.26 Å². The van der Waals surface area contributed by atoms with Crippen LogP contribution in [0, 0.1) is 16.7 Å². The van der Waals surface area contributed by atoms with E-state index in [-0.39, 0.29) is 5.41 Å². The van der Waals surface area contributed by atoms with Crippen LogP contribution in [0.15, 0.2) is 18.2 Å². The minimum Gasteiger partial charge on any atom is -0.493 e. The molecule has 0 bridgehead atoms. The average molecular weight is 284 g/mol. The molecule has 1 aromatic carbocycles. The number of rotatable bonds is 7. The van der Waals surface area contributed by atoms with Gasteiger partial charge in [0.15, 0.2) is 0 Å². The van der Waals surface area contributed by atoms with Crippen LogP contribution in [-0.4, -0.2) is 13.2 Å². The highest BCUT2D eigenvalue weighted by molar-refractivity contribution is 5.40. The second-order valence-electron chi connectivity index (χ2n) is 6.53. The molecule has 0 spiro atoms. The molecule has 0 aromatic heterocycles. The van der Waals surface area contributed by atoms with Gasteiger partial charge in [-0.15, -0.1) is 0 Å². The van der Waals surface area contributed by atoms with Crippen molar-refractivity contribution in [3.05, 3.63) is 29.3 Å². The minimum atomic E-state index is 0.152. The first-order valence-corrected chi connectivity index (χ1v) is 8.12. The molecule has 0 heterocycles. The molecule has 2 aliphatic carbocycles. The number of hydrogen-bond acceptors (Lipinski definition) is 3. The molecule has 3 heteroatoms. The monoisotopic (exact) mass is 284 g/mol. The molecule has 0 amide bonds. The molecule has 0 radical (unpaired) electrons. The Morgan fingerprint density at radius 3 is 3.00 bits per heavy atom. The Balaban J connectivity index is 1.61. The summed E-state index contributed by atoms with van der Waals surface area (Å²) in [5.74, 6) is 0.967. The quantitative estimate of drug-likeness (QED) is 0.829. The Morgan fingerprint density at radius 1 is 1.43 bits per heavy atom. The van der Waals surface area contributed by atoms with E-state index in [1.165, 1.54) is 24.0 Å². The molecule has 0 aliphatic heterocycles. The smallest absolute Gasteiger partial charge is 0.119 e. The van der Waals surface area contributed by atoms with Gasteiger partial charge in [-0.05, 0) is 61.9 Å². The second-order valence-corrected chi connectivity index (χ2v) is 6.53. The number of fused-ring (bicyclic) bond motifs is 1. The van der Waals surface area contributed by atoms with Crippen molar-refractivity contribution in [2.75, 3.05) is 13.2 Å². The van der Waals surface area contributed by atoms with Gasteiger partial charge in [0.1, 0.15) is 5.75 Å². The second kappa shape index (κ2) is 6.07. The SMILES string of the molecule is CCCNC1CCc2cc(OCC3(CC#N)CC3)ccc21. The van der Waals surface area contributed by atoms with E-state index < -0.39 is 0 Å². The Labute approximate surface area is 127 Å². The van der Waals surface area contributed by atoms with Crippen molar-refractivity contribution < 1.29 is 4.74 Å². The van der Waals surface area contributed by atoms with Crippen LogP contribution in [0.3, 0.4) is 0 Å². The predicted octanol–water partition coefficient (Wildman–Crippen LogP) is 3.75. The van der Waals surface area contributed by atoms with Gasteiger partial charge >= 0.3 is 0 Å². The third-order valence-corrected chi connectivity index (χ3v) is 4.79. The molecule has 3 nitrogen and oxygen atoms in total. The molecule has 21 heavy (non-hydrogen) atoms. The molecule has 1 aromatic rings. The summed E-state index contributed by atoms with van der Waals surface area (Å²) in [4.78, 5) is 0. The maximum absolute atomic E-state index is 8.85. The fourth-order valence-electron chi connectivity index (χ4n) is 3.17. The van der Waals surface area contributed by atoms with E-state index in [1.807, 2.05) is 0 Å². The highest BCUT2D eigenvalue weighted by Crippen LogP contribution is 2.48. The molecule has 1 fully saturated rings. The molecule has 1 N–H and O–H groups in total. The number of hydrogen-bond donors (Lipinski definition) is 1. The Hall–Kier alpha value is -1.53. The zero-order chi connectivity index (χ0) is 14.7. The van der Waals surface area contributed by atoms with Gasteiger partial charge in [-0.1, -0.05) is 13.0 Å². The summed E-state index contributed by atoms with van der Waals surface area (Å²) in [6.07, 6.45) is 6.40. The Bertz CT molecular complexity index is 543. The lowest BCUT2D eigenvalue weighted by atomic mass is 10.1. The molecular weight excluding hydrogens is 260 g/mol. The number of nitrogens with one attached hydrogen (secondary N) is 1. The summed E-state index contributed by atoms with van der Waals surface area (Å²) in [5, 5.41) is 12.5. The normalized spacial score (nSPS) is 21.6. The van der Waals surface area contributed by atoms with Crippen LogP contribution in [0.2, 0.25) is 0 Å². The molecule has 1 atom stereocenters. The van der Waals surface area contributed by atoms with Crippen LogP contribution in [0.1, 0.15) is 56.2 Å². The zero-order valence-electron chi connectivity index (χ0n) is 12.8. The lowest BCUT2D eigenvalue weighted by Crippen LogP contribution is -2.19. The number of aryl methyl sites for hydroxylation is 1.